The number of nitrogens with two attached hydrogens (primary N) is 1. The number of hydrogen-bond acceptors (Lipinski definition) is 2. The van der Waals surface area contributed by atoms with Crippen molar-refractivity contribution < 1.29 is 13.5 Å². The molecule has 0 unspecified atom stereocenters. The third-order valence-electron chi connectivity index (χ3n) is 2.55. The van der Waals surface area contributed by atoms with Crippen molar-refractivity contribution >= 4 is 11.6 Å². The van der Waals surface area contributed by atoms with Crippen LogP contribution in [-0.2, 0) is 6.42 Å². The zero-order valence-electron chi connectivity index (χ0n) is 10.00. The van der Waals surface area contributed by atoms with E-state index in [2.05, 4.69) is 0 Å². The SMILES string of the molecule is NCCc1cc(Cl)ccc1Oc1cc(F)ccc1F. The van der Waals surface area contributed by atoms with Crippen LogP contribution < -0.4 is 10.5 Å². The van der Waals surface area contributed by atoms with E-state index in [1.165, 1.54) is 0 Å². The van der Waals surface area contributed by atoms with Gasteiger partial charge < -0.3 is 10.5 Å². The fourth-order valence-corrected chi connectivity index (χ4v) is 1.87. The minimum Gasteiger partial charge on any atom is -0.454 e. The van der Waals surface area contributed by atoms with Gasteiger partial charge in [-0.25, -0.2) is 8.78 Å². The maximum atomic E-state index is 13.5. The molecule has 0 spiro atoms. The molecule has 0 amide bonds. The van der Waals surface area contributed by atoms with Crippen molar-refractivity contribution in [1.82, 2.24) is 0 Å². The van der Waals surface area contributed by atoms with E-state index in [0.717, 1.165) is 23.8 Å². The molecular weight excluding hydrogens is 272 g/mol. The first kappa shape index (κ1) is 13.8. The highest BCUT2D eigenvalue weighted by Gasteiger charge is 2.10. The molecule has 0 fully saturated rings. The van der Waals surface area contributed by atoms with Gasteiger partial charge in [-0.1, -0.05) is 11.6 Å². The zero-order valence-corrected chi connectivity index (χ0v) is 10.8. The monoisotopic (exact) mass is 283 g/mol. The van der Waals surface area contributed by atoms with E-state index in [0.29, 0.717) is 23.7 Å². The van der Waals surface area contributed by atoms with Gasteiger partial charge in [-0.3, -0.25) is 0 Å². The van der Waals surface area contributed by atoms with Crippen molar-refractivity contribution in [2.75, 3.05) is 6.54 Å². The van der Waals surface area contributed by atoms with E-state index in [1.54, 1.807) is 18.2 Å². The summed E-state index contributed by atoms with van der Waals surface area (Å²) in [5.41, 5.74) is 6.24. The van der Waals surface area contributed by atoms with Crippen LogP contribution in [0.25, 0.3) is 0 Å². The lowest BCUT2D eigenvalue weighted by Crippen LogP contribution is -2.04. The van der Waals surface area contributed by atoms with E-state index < -0.39 is 11.6 Å². The number of benzene rings is 2. The molecule has 0 heterocycles. The summed E-state index contributed by atoms with van der Waals surface area (Å²) < 4.78 is 32.0. The molecule has 0 aromatic heterocycles. The van der Waals surface area contributed by atoms with Gasteiger partial charge in [-0.05, 0) is 48.9 Å². The Kier molecular flexibility index (Phi) is 4.35. The molecule has 2 aromatic rings. The first-order chi connectivity index (χ1) is 9.10. The second-order valence-corrected chi connectivity index (χ2v) is 4.40. The fourth-order valence-electron chi connectivity index (χ4n) is 1.67. The van der Waals surface area contributed by atoms with Gasteiger partial charge in [0.05, 0.1) is 0 Å². The average Bonchev–Trinajstić information content (AvgIpc) is 2.37. The summed E-state index contributed by atoms with van der Waals surface area (Å²) in [5, 5.41) is 0.538. The predicted molar refractivity (Wildman–Crippen MR) is 70.6 cm³/mol. The zero-order chi connectivity index (χ0) is 13.8. The van der Waals surface area contributed by atoms with E-state index in [1.807, 2.05) is 0 Å². The second-order valence-electron chi connectivity index (χ2n) is 3.97. The molecule has 0 aliphatic heterocycles. The molecule has 2 rings (SSSR count). The van der Waals surface area contributed by atoms with E-state index in [9.17, 15) is 8.78 Å². The highest BCUT2D eigenvalue weighted by Crippen LogP contribution is 2.30. The van der Waals surface area contributed by atoms with Crippen molar-refractivity contribution in [2.45, 2.75) is 6.42 Å². The van der Waals surface area contributed by atoms with Gasteiger partial charge in [0.1, 0.15) is 11.6 Å². The van der Waals surface area contributed by atoms with E-state index >= 15 is 0 Å². The maximum absolute atomic E-state index is 13.5. The highest BCUT2D eigenvalue weighted by atomic mass is 35.5. The van der Waals surface area contributed by atoms with Gasteiger partial charge in [-0.15, -0.1) is 0 Å². The van der Waals surface area contributed by atoms with E-state index in [4.69, 9.17) is 22.1 Å². The van der Waals surface area contributed by atoms with Crippen LogP contribution in [0.2, 0.25) is 5.02 Å². The number of ether oxygens (including phenoxy) is 1. The third kappa shape index (κ3) is 3.43. The van der Waals surface area contributed by atoms with Crippen molar-refractivity contribution in [3.8, 4) is 11.5 Å². The van der Waals surface area contributed by atoms with Gasteiger partial charge in [-0.2, -0.15) is 0 Å². The van der Waals surface area contributed by atoms with Crippen molar-refractivity contribution in [2.24, 2.45) is 5.73 Å². The molecule has 0 saturated heterocycles. The molecule has 100 valence electrons. The van der Waals surface area contributed by atoms with Crippen molar-refractivity contribution in [1.29, 1.82) is 0 Å². The molecular formula is C14H12ClF2NO. The number of rotatable bonds is 4. The minimum absolute atomic E-state index is 0.166. The quantitative estimate of drug-likeness (QED) is 0.923. The summed E-state index contributed by atoms with van der Waals surface area (Å²) in [6.07, 6.45) is 0.535. The normalized spacial score (nSPS) is 10.5. The first-order valence-electron chi connectivity index (χ1n) is 5.71. The molecule has 2 nitrogen and oxygen atoms in total. The highest BCUT2D eigenvalue weighted by molar-refractivity contribution is 6.30. The molecule has 0 radical (unpaired) electrons. The van der Waals surface area contributed by atoms with Crippen molar-refractivity contribution in [3.63, 3.8) is 0 Å². The third-order valence-corrected chi connectivity index (χ3v) is 2.78. The van der Waals surface area contributed by atoms with Crippen molar-refractivity contribution in [3.05, 3.63) is 58.6 Å². The molecule has 0 bridgehead atoms. The minimum atomic E-state index is -0.630. The molecule has 0 atom stereocenters. The lowest BCUT2D eigenvalue weighted by molar-refractivity contribution is 0.432. The lowest BCUT2D eigenvalue weighted by Gasteiger charge is -2.11. The second kappa shape index (κ2) is 5.99. The van der Waals surface area contributed by atoms with Gasteiger partial charge in [0.25, 0.3) is 0 Å². The predicted octanol–water partition coefficient (Wildman–Crippen LogP) is 3.91. The Balaban J connectivity index is 2.34. The van der Waals surface area contributed by atoms with E-state index in [-0.39, 0.29) is 5.75 Å². The Bertz CT molecular complexity index is 590. The molecule has 0 aliphatic carbocycles. The number of hydrogen-bond donors (Lipinski definition) is 1. The summed E-state index contributed by atoms with van der Waals surface area (Å²) in [7, 11) is 0. The molecule has 19 heavy (non-hydrogen) atoms. The standard InChI is InChI=1S/C14H12ClF2NO/c15-10-1-4-13(9(7-10)5-6-18)19-14-8-11(16)2-3-12(14)17/h1-4,7-8H,5-6,18H2. The molecule has 2 aromatic carbocycles. The number of halogens is 3. The van der Waals surface area contributed by atoms with Crippen LogP contribution in [0, 0.1) is 11.6 Å². The van der Waals surface area contributed by atoms with Gasteiger partial charge in [0, 0.05) is 11.1 Å². The summed E-state index contributed by atoms with van der Waals surface area (Å²) in [6.45, 7) is 0.405. The van der Waals surface area contributed by atoms with Crippen LogP contribution in [0.1, 0.15) is 5.56 Å². The van der Waals surface area contributed by atoms with Crippen LogP contribution in [0.15, 0.2) is 36.4 Å². The maximum Gasteiger partial charge on any atom is 0.165 e. The lowest BCUT2D eigenvalue weighted by atomic mass is 10.1. The first-order valence-corrected chi connectivity index (χ1v) is 6.09. The Hall–Kier alpha value is -1.65. The fraction of sp³-hybridized carbons (Fsp3) is 0.143. The summed E-state index contributed by atoms with van der Waals surface area (Å²) >= 11 is 5.88. The van der Waals surface area contributed by atoms with Gasteiger partial charge in [0.15, 0.2) is 11.6 Å². The molecule has 2 N–H and O–H groups in total. The Morgan fingerprint density at radius 1 is 1.05 bits per heavy atom. The molecule has 5 heteroatoms. The average molecular weight is 284 g/mol. The Morgan fingerprint density at radius 3 is 2.58 bits per heavy atom. The van der Waals surface area contributed by atoms with Crippen LogP contribution in [0.5, 0.6) is 11.5 Å². The summed E-state index contributed by atoms with van der Waals surface area (Å²) in [5.74, 6) is -0.944. The smallest absolute Gasteiger partial charge is 0.165 e. The summed E-state index contributed by atoms with van der Waals surface area (Å²) in [6, 6.07) is 7.97. The summed E-state index contributed by atoms with van der Waals surface area (Å²) in [4.78, 5) is 0. The largest absolute Gasteiger partial charge is 0.454 e. The van der Waals surface area contributed by atoms with Crippen LogP contribution in [-0.4, -0.2) is 6.54 Å². The van der Waals surface area contributed by atoms with Crippen LogP contribution in [0.4, 0.5) is 8.78 Å². The Morgan fingerprint density at radius 2 is 1.84 bits per heavy atom. The Labute approximate surface area is 114 Å². The van der Waals surface area contributed by atoms with Crippen LogP contribution in [0.3, 0.4) is 0 Å². The molecule has 0 aliphatic rings. The molecule has 0 saturated carbocycles. The van der Waals surface area contributed by atoms with Gasteiger partial charge in [0.2, 0.25) is 0 Å². The van der Waals surface area contributed by atoms with Crippen LogP contribution >= 0.6 is 11.6 Å². The topological polar surface area (TPSA) is 35.2 Å². The van der Waals surface area contributed by atoms with Gasteiger partial charge >= 0.3 is 0 Å².